The van der Waals surface area contributed by atoms with Gasteiger partial charge in [-0.15, -0.1) is 0 Å². The van der Waals surface area contributed by atoms with Crippen LogP contribution in [0.5, 0.6) is 0 Å². The second-order valence-corrected chi connectivity index (χ2v) is 3.81. The summed E-state index contributed by atoms with van der Waals surface area (Å²) >= 11 is 0. The average molecular weight is 157 g/mol. The van der Waals surface area contributed by atoms with Crippen LogP contribution in [0, 0.1) is 5.92 Å². The number of nitrogens with two attached hydrogens (primary N) is 1. The molecular formula is C8H15NO2. The molecule has 1 unspecified atom stereocenters. The van der Waals surface area contributed by atoms with Crippen molar-refractivity contribution in [3.63, 3.8) is 0 Å². The van der Waals surface area contributed by atoms with E-state index in [1.165, 1.54) is 0 Å². The van der Waals surface area contributed by atoms with Crippen molar-refractivity contribution < 1.29 is 9.47 Å². The van der Waals surface area contributed by atoms with E-state index in [0.29, 0.717) is 12.5 Å². The molecule has 0 bridgehead atoms. The van der Waals surface area contributed by atoms with E-state index >= 15 is 0 Å². The lowest BCUT2D eigenvalue weighted by Crippen LogP contribution is -2.43. The second-order valence-electron chi connectivity index (χ2n) is 3.81. The minimum absolute atomic E-state index is 0.0740. The van der Waals surface area contributed by atoms with Crippen LogP contribution in [-0.2, 0) is 9.47 Å². The van der Waals surface area contributed by atoms with Crippen molar-refractivity contribution in [1.29, 1.82) is 0 Å². The van der Waals surface area contributed by atoms with Crippen molar-refractivity contribution in [2.75, 3.05) is 13.2 Å². The van der Waals surface area contributed by atoms with Gasteiger partial charge in [-0.3, -0.25) is 0 Å². The zero-order valence-electron chi connectivity index (χ0n) is 7.04. The number of hydrogen-bond donors (Lipinski definition) is 1. The quantitative estimate of drug-likeness (QED) is 0.544. The predicted octanol–water partition coefficient (Wildman–Crippen LogP) is 0.138. The van der Waals surface area contributed by atoms with E-state index in [1.807, 2.05) is 0 Å². The van der Waals surface area contributed by atoms with Crippen LogP contribution >= 0.6 is 0 Å². The molecule has 0 amide bonds. The second kappa shape index (κ2) is 2.19. The highest BCUT2D eigenvalue weighted by atomic mass is 16.6. The molecule has 2 heterocycles. The normalized spacial score (nSPS) is 56.5. The molecule has 2 rings (SSSR count). The third-order valence-corrected chi connectivity index (χ3v) is 3.04. The predicted molar refractivity (Wildman–Crippen MR) is 41.2 cm³/mol. The molecule has 0 aromatic heterocycles. The summed E-state index contributed by atoms with van der Waals surface area (Å²) in [6.07, 6.45) is 0.123. The number of fused-ring (bicyclic) bond motifs is 1. The minimum atomic E-state index is -0.112. The Balaban J connectivity index is 2.23. The van der Waals surface area contributed by atoms with Gasteiger partial charge in [0.25, 0.3) is 0 Å². The first-order chi connectivity index (χ1) is 5.14. The van der Waals surface area contributed by atoms with Gasteiger partial charge in [0.05, 0.1) is 24.9 Å². The van der Waals surface area contributed by atoms with Gasteiger partial charge in [-0.25, -0.2) is 0 Å². The first-order valence-corrected chi connectivity index (χ1v) is 4.16. The van der Waals surface area contributed by atoms with Crippen molar-refractivity contribution in [2.45, 2.75) is 31.6 Å². The van der Waals surface area contributed by atoms with Gasteiger partial charge in [0.2, 0.25) is 0 Å². The van der Waals surface area contributed by atoms with Crippen molar-refractivity contribution in [1.82, 2.24) is 0 Å². The van der Waals surface area contributed by atoms with Gasteiger partial charge in [0.15, 0.2) is 0 Å². The third kappa shape index (κ3) is 0.849. The summed E-state index contributed by atoms with van der Waals surface area (Å²) in [7, 11) is 0. The van der Waals surface area contributed by atoms with Gasteiger partial charge in [-0.1, -0.05) is 6.92 Å². The molecule has 0 saturated carbocycles. The molecule has 3 heteroatoms. The molecule has 4 atom stereocenters. The Labute approximate surface area is 66.8 Å². The molecule has 64 valence electrons. The smallest absolute Gasteiger partial charge is 0.104 e. The molecule has 0 aromatic rings. The van der Waals surface area contributed by atoms with Crippen LogP contribution in [0.2, 0.25) is 0 Å². The van der Waals surface area contributed by atoms with Crippen LogP contribution in [0.15, 0.2) is 0 Å². The lowest BCUT2D eigenvalue weighted by molar-refractivity contribution is -0.0241. The van der Waals surface area contributed by atoms with Gasteiger partial charge in [-0.2, -0.15) is 0 Å². The topological polar surface area (TPSA) is 44.5 Å². The summed E-state index contributed by atoms with van der Waals surface area (Å²) < 4.78 is 11.2. The summed E-state index contributed by atoms with van der Waals surface area (Å²) in [5.41, 5.74) is 5.71. The Morgan fingerprint density at radius 2 is 2.18 bits per heavy atom. The standard InChI is InChI=1S/C8H15NO2/c1-5-3-10-7-6(9)4-11-8(5,7)2/h5-7H,3-4,9H2,1-2H3/t5-,6?,7+,8+/m0/s1. The summed E-state index contributed by atoms with van der Waals surface area (Å²) in [4.78, 5) is 0. The Hall–Kier alpha value is -0.120. The first-order valence-electron chi connectivity index (χ1n) is 4.16. The lowest BCUT2D eigenvalue weighted by Gasteiger charge is -2.25. The molecular weight excluding hydrogens is 142 g/mol. The van der Waals surface area contributed by atoms with Gasteiger partial charge >= 0.3 is 0 Å². The average Bonchev–Trinajstić information content (AvgIpc) is 2.39. The Morgan fingerprint density at radius 3 is 2.82 bits per heavy atom. The van der Waals surface area contributed by atoms with Crippen LogP contribution < -0.4 is 5.73 Å². The summed E-state index contributed by atoms with van der Waals surface area (Å²) in [5.74, 6) is 0.473. The van der Waals surface area contributed by atoms with E-state index in [2.05, 4.69) is 13.8 Å². The van der Waals surface area contributed by atoms with Crippen LogP contribution in [-0.4, -0.2) is 31.0 Å². The Bertz CT molecular complexity index is 173. The fourth-order valence-corrected chi connectivity index (χ4v) is 2.00. The van der Waals surface area contributed by atoms with E-state index in [0.717, 1.165) is 6.61 Å². The van der Waals surface area contributed by atoms with Gasteiger partial charge in [0.1, 0.15) is 6.10 Å². The van der Waals surface area contributed by atoms with Crippen molar-refractivity contribution >= 4 is 0 Å². The number of rotatable bonds is 0. The Morgan fingerprint density at radius 1 is 1.45 bits per heavy atom. The van der Waals surface area contributed by atoms with E-state index in [-0.39, 0.29) is 17.7 Å². The maximum absolute atomic E-state index is 5.82. The summed E-state index contributed by atoms with van der Waals surface area (Å²) in [5, 5.41) is 0. The van der Waals surface area contributed by atoms with Crippen molar-refractivity contribution in [3.05, 3.63) is 0 Å². The molecule has 2 fully saturated rings. The van der Waals surface area contributed by atoms with Crippen LogP contribution in [0.3, 0.4) is 0 Å². The fourth-order valence-electron chi connectivity index (χ4n) is 2.00. The number of hydrogen-bond acceptors (Lipinski definition) is 3. The molecule has 2 N–H and O–H groups in total. The molecule has 0 spiro atoms. The maximum atomic E-state index is 5.82. The molecule has 0 aromatic carbocycles. The zero-order valence-corrected chi connectivity index (χ0v) is 7.04. The molecule has 2 saturated heterocycles. The number of ether oxygens (including phenoxy) is 2. The highest BCUT2D eigenvalue weighted by Gasteiger charge is 2.53. The first kappa shape index (κ1) is 7.53. The summed E-state index contributed by atoms with van der Waals surface area (Å²) in [6.45, 7) is 5.68. The maximum Gasteiger partial charge on any atom is 0.104 e. The molecule has 2 aliphatic rings. The van der Waals surface area contributed by atoms with Gasteiger partial charge in [-0.05, 0) is 6.92 Å². The highest BCUT2D eigenvalue weighted by Crippen LogP contribution is 2.39. The van der Waals surface area contributed by atoms with E-state index in [1.54, 1.807) is 0 Å². The van der Waals surface area contributed by atoms with Gasteiger partial charge < -0.3 is 15.2 Å². The van der Waals surface area contributed by atoms with E-state index in [4.69, 9.17) is 15.2 Å². The van der Waals surface area contributed by atoms with Crippen LogP contribution in [0.1, 0.15) is 13.8 Å². The van der Waals surface area contributed by atoms with Crippen LogP contribution in [0.4, 0.5) is 0 Å². The van der Waals surface area contributed by atoms with E-state index in [9.17, 15) is 0 Å². The Kier molecular flexibility index (Phi) is 1.50. The monoisotopic (exact) mass is 157 g/mol. The summed E-state index contributed by atoms with van der Waals surface area (Å²) in [6, 6.07) is 0.0740. The lowest BCUT2D eigenvalue weighted by atomic mass is 9.88. The fraction of sp³-hybridized carbons (Fsp3) is 1.00. The SMILES string of the molecule is C[C@H]1CO[C@@H]2C(N)CO[C@@]21C. The molecule has 3 nitrogen and oxygen atoms in total. The van der Waals surface area contributed by atoms with Crippen LogP contribution in [0.25, 0.3) is 0 Å². The van der Waals surface area contributed by atoms with E-state index < -0.39 is 0 Å². The highest BCUT2D eigenvalue weighted by molar-refractivity contribution is 5.04. The zero-order chi connectivity index (χ0) is 8.06. The molecule has 11 heavy (non-hydrogen) atoms. The largest absolute Gasteiger partial charge is 0.373 e. The van der Waals surface area contributed by atoms with Crippen molar-refractivity contribution in [2.24, 2.45) is 11.7 Å². The molecule has 2 aliphatic heterocycles. The molecule has 0 aliphatic carbocycles. The third-order valence-electron chi connectivity index (χ3n) is 3.04. The van der Waals surface area contributed by atoms with Crippen molar-refractivity contribution in [3.8, 4) is 0 Å². The minimum Gasteiger partial charge on any atom is -0.373 e. The van der Waals surface area contributed by atoms with Gasteiger partial charge in [0, 0.05) is 5.92 Å². The molecule has 0 radical (unpaired) electrons.